The van der Waals surface area contributed by atoms with Crippen molar-refractivity contribution < 1.29 is 4.74 Å². The quantitative estimate of drug-likeness (QED) is 0.726. The molecule has 0 bridgehead atoms. The van der Waals surface area contributed by atoms with Gasteiger partial charge in [0.15, 0.2) is 0 Å². The SMILES string of the molecule is COc1ccc(CN(C)C)cc1C#N. The molecule has 0 unspecified atom stereocenters. The lowest BCUT2D eigenvalue weighted by Crippen LogP contribution is -2.10. The van der Waals surface area contributed by atoms with E-state index in [1.807, 2.05) is 32.3 Å². The molecule has 0 spiro atoms. The van der Waals surface area contributed by atoms with E-state index in [0.717, 1.165) is 12.1 Å². The standard InChI is InChI=1S/C11H14N2O/c1-13(2)8-9-4-5-11(14-3)10(6-9)7-12/h4-6H,8H2,1-3H3. The number of nitrogens with zero attached hydrogens (tertiary/aromatic N) is 2. The van der Waals surface area contributed by atoms with Gasteiger partial charge < -0.3 is 9.64 Å². The molecule has 0 aliphatic carbocycles. The molecular formula is C11H14N2O. The van der Waals surface area contributed by atoms with Gasteiger partial charge in [-0.1, -0.05) is 6.07 Å². The van der Waals surface area contributed by atoms with Crippen molar-refractivity contribution in [3.05, 3.63) is 29.3 Å². The van der Waals surface area contributed by atoms with Crippen LogP contribution >= 0.6 is 0 Å². The lowest BCUT2D eigenvalue weighted by atomic mass is 10.1. The van der Waals surface area contributed by atoms with E-state index in [-0.39, 0.29) is 0 Å². The molecular weight excluding hydrogens is 176 g/mol. The number of ether oxygens (including phenoxy) is 1. The van der Waals surface area contributed by atoms with E-state index < -0.39 is 0 Å². The van der Waals surface area contributed by atoms with Crippen molar-refractivity contribution in [3.63, 3.8) is 0 Å². The van der Waals surface area contributed by atoms with Gasteiger partial charge in [0.2, 0.25) is 0 Å². The second-order valence-electron chi connectivity index (χ2n) is 3.38. The van der Waals surface area contributed by atoms with Gasteiger partial charge in [-0.3, -0.25) is 0 Å². The van der Waals surface area contributed by atoms with Gasteiger partial charge in [-0.15, -0.1) is 0 Å². The summed E-state index contributed by atoms with van der Waals surface area (Å²) < 4.78 is 5.06. The number of methoxy groups -OCH3 is 1. The lowest BCUT2D eigenvalue weighted by molar-refractivity contribution is 0.399. The molecule has 1 aromatic carbocycles. The van der Waals surface area contributed by atoms with Gasteiger partial charge in [0, 0.05) is 6.54 Å². The third-order valence-electron chi connectivity index (χ3n) is 1.88. The zero-order valence-corrected chi connectivity index (χ0v) is 8.74. The summed E-state index contributed by atoms with van der Waals surface area (Å²) in [5.41, 5.74) is 1.71. The summed E-state index contributed by atoms with van der Waals surface area (Å²) in [4.78, 5) is 2.06. The zero-order chi connectivity index (χ0) is 10.6. The molecule has 0 atom stereocenters. The van der Waals surface area contributed by atoms with Crippen LogP contribution in [0.15, 0.2) is 18.2 Å². The van der Waals surface area contributed by atoms with E-state index >= 15 is 0 Å². The Kier molecular flexibility index (Phi) is 3.49. The van der Waals surface area contributed by atoms with Crippen molar-refractivity contribution >= 4 is 0 Å². The second kappa shape index (κ2) is 4.64. The first-order valence-electron chi connectivity index (χ1n) is 4.39. The minimum absolute atomic E-state index is 0.590. The maximum atomic E-state index is 8.86. The molecule has 3 nitrogen and oxygen atoms in total. The number of hydrogen-bond acceptors (Lipinski definition) is 3. The molecule has 74 valence electrons. The maximum Gasteiger partial charge on any atom is 0.136 e. The number of nitriles is 1. The Morgan fingerprint density at radius 3 is 2.64 bits per heavy atom. The van der Waals surface area contributed by atoms with Crippen LogP contribution in [0.4, 0.5) is 0 Å². The van der Waals surface area contributed by atoms with E-state index in [1.54, 1.807) is 7.11 Å². The monoisotopic (exact) mass is 190 g/mol. The molecule has 0 radical (unpaired) electrons. The Morgan fingerprint density at radius 2 is 2.14 bits per heavy atom. The molecule has 0 N–H and O–H groups in total. The predicted molar refractivity (Wildman–Crippen MR) is 55.1 cm³/mol. The van der Waals surface area contributed by atoms with Crippen LogP contribution in [0.3, 0.4) is 0 Å². The van der Waals surface area contributed by atoms with Gasteiger partial charge in [0.1, 0.15) is 11.8 Å². The molecule has 3 heteroatoms. The highest BCUT2D eigenvalue weighted by atomic mass is 16.5. The summed E-state index contributed by atoms with van der Waals surface area (Å²) in [5, 5.41) is 8.86. The Hall–Kier alpha value is -1.53. The fraction of sp³-hybridized carbons (Fsp3) is 0.364. The van der Waals surface area contributed by atoms with Crippen LogP contribution < -0.4 is 4.74 Å². The summed E-state index contributed by atoms with van der Waals surface area (Å²) in [6.07, 6.45) is 0. The minimum atomic E-state index is 0.590. The first-order valence-corrected chi connectivity index (χ1v) is 4.39. The molecule has 14 heavy (non-hydrogen) atoms. The van der Waals surface area contributed by atoms with Crippen LogP contribution in [-0.2, 0) is 6.54 Å². The van der Waals surface area contributed by atoms with Gasteiger partial charge in [0.25, 0.3) is 0 Å². The first kappa shape index (κ1) is 10.6. The maximum absolute atomic E-state index is 8.86. The Bertz CT molecular complexity index is 353. The van der Waals surface area contributed by atoms with Crippen molar-refractivity contribution in [3.8, 4) is 11.8 Å². The van der Waals surface area contributed by atoms with E-state index in [9.17, 15) is 0 Å². The summed E-state index contributed by atoms with van der Waals surface area (Å²) >= 11 is 0. The number of benzene rings is 1. The molecule has 0 aliphatic heterocycles. The average molecular weight is 190 g/mol. The van der Waals surface area contributed by atoms with Crippen LogP contribution in [0.2, 0.25) is 0 Å². The topological polar surface area (TPSA) is 36.3 Å². The summed E-state index contributed by atoms with van der Waals surface area (Å²) in [6, 6.07) is 7.78. The highest BCUT2D eigenvalue weighted by Crippen LogP contribution is 2.19. The smallest absolute Gasteiger partial charge is 0.136 e. The molecule has 0 aliphatic rings. The molecule has 0 heterocycles. The number of rotatable bonds is 3. The molecule has 0 fully saturated rings. The summed E-state index contributed by atoms with van der Waals surface area (Å²) in [7, 11) is 5.56. The predicted octanol–water partition coefficient (Wildman–Crippen LogP) is 1.63. The molecule has 1 aromatic rings. The van der Waals surface area contributed by atoms with Crippen LogP contribution in [0.1, 0.15) is 11.1 Å². The van der Waals surface area contributed by atoms with Crippen LogP contribution in [0.5, 0.6) is 5.75 Å². The van der Waals surface area contributed by atoms with Crippen molar-refractivity contribution in [2.75, 3.05) is 21.2 Å². The Balaban J connectivity index is 2.97. The molecule has 0 amide bonds. The fourth-order valence-corrected chi connectivity index (χ4v) is 1.31. The largest absolute Gasteiger partial charge is 0.495 e. The van der Waals surface area contributed by atoms with Crippen LogP contribution in [0.25, 0.3) is 0 Å². The minimum Gasteiger partial charge on any atom is -0.495 e. The normalized spacial score (nSPS) is 9.93. The molecule has 0 saturated carbocycles. The molecule has 1 rings (SSSR count). The third kappa shape index (κ3) is 2.48. The Labute approximate surface area is 84.5 Å². The average Bonchev–Trinajstić information content (AvgIpc) is 2.16. The summed E-state index contributed by atoms with van der Waals surface area (Å²) in [5.74, 6) is 0.634. The van der Waals surface area contributed by atoms with Crippen molar-refractivity contribution in [1.29, 1.82) is 5.26 Å². The van der Waals surface area contributed by atoms with E-state index in [1.165, 1.54) is 0 Å². The highest BCUT2D eigenvalue weighted by molar-refractivity contribution is 5.45. The van der Waals surface area contributed by atoms with E-state index in [0.29, 0.717) is 11.3 Å². The van der Waals surface area contributed by atoms with Crippen LogP contribution in [-0.4, -0.2) is 26.1 Å². The summed E-state index contributed by atoms with van der Waals surface area (Å²) in [6.45, 7) is 0.832. The molecule has 0 saturated heterocycles. The van der Waals surface area contributed by atoms with Gasteiger partial charge in [0.05, 0.1) is 12.7 Å². The van der Waals surface area contributed by atoms with Crippen molar-refractivity contribution in [2.24, 2.45) is 0 Å². The van der Waals surface area contributed by atoms with Gasteiger partial charge in [-0.05, 0) is 31.8 Å². The van der Waals surface area contributed by atoms with Crippen molar-refractivity contribution in [1.82, 2.24) is 4.90 Å². The van der Waals surface area contributed by atoms with E-state index in [2.05, 4.69) is 11.0 Å². The number of hydrogen-bond donors (Lipinski definition) is 0. The second-order valence-corrected chi connectivity index (χ2v) is 3.38. The lowest BCUT2D eigenvalue weighted by Gasteiger charge is -2.10. The molecule has 0 aromatic heterocycles. The Morgan fingerprint density at radius 1 is 1.43 bits per heavy atom. The van der Waals surface area contributed by atoms with Gasteiger partial charge in [-0.2, -0.15) is 5.26 Å². The third-order valence-corrected chi connectivity index (χ3v) is 1.88. The first-order chi connectivity index (χ1) is 6.67. The van der Waals surface area contributed by atoms with Gasteiger partial charge in [-0.25, -0.2) is 0 Å². The zero-order valence-electron chi connectivity index (χ0n) is 8.74. The van der Waals surface area contributed by atoms with Crippen LogP contribution in [0, 0.1) is 11.3 Å². The van der Waals surface area contributed by atoms with E-state index in [4.69, 9.17) is 10.00 Å². The van der Waals surface area contributed by atoms with Gasteiger partial charge >= 0.3 is 0 Å². The van der Waals surface area contributed by atoms with Crippen molar-refractivity contribution in [2.45, 2.75) is 6.54 Å². The fourth-order valence-electron chi connectivity index (χ4n) is 1.31. The highest BCUT2D eigenvalue weighted by Gasteiger charge is 2.03.